The smallest absolute Gasteiger partial charge is 0.341 e. The van der Waals surface area contributed by atoms with Crippen molar-refractivity contribution in [3.63, 3.8) is 0 Å². The molecule has 0 saturated carbocycles. The summed E-state index contributed by atoms with van der Waals surface area (Å²) in [5.74, 6) is -0.757. The first-order valence-corrected chi connectivity index (χ1v) is 4.80. The fraction of sp³-hybridized carbons (Fsp3) is 0.300. The lowest BCUT2D eigenvalue weighted by Gasteiger charge is -2.05. The number of carboxylic acid groups (broad SMARTS) is 1. The molecule has 2 aromatic heterocycles. The van der Waals surface area contributed by atoms with E-state index in [4.69, 9.17) is 9.84 Å². The van der Waals surface area contributed by atoms with Crippen LogP contribution in [0.15, 0.2) is 12.4 Å². The maximum Gasteiger partial charge on any atom is 0.341 e. The summed E-state index contributed by atoms with van der Waals surface area (Å²) in [5.41, 5.74) is 0.676. The maximum atomic E-state index is 11.0. The fourth-order valence-corrected chi connectivity index (χ4v) is 1.61. The second-order valence-electron chi connectivity index (χ2n) is 3.21. The average Bonchev–Trinajstić information content (AvgIpc) is 2.70. The van der Waals surface area contributed by atoms with Gasteiger partial charge in [0.2, 0.25) is 0 Å². The molecule has 6 nitrogen and oxygen atoms in total. The van der Waals surface area contributed by atoms with Gasteiger partial charge in [0.15, 0.2) is 5.65 Å². The predicted octanol–water partition coefficient (Wildman–Crippen LogP) is 1.16. The highest BCUT2D eigenvalue weighted by atomic mass is 16.5. The van der Waals surface area contributed by atoms with E-state index in [1.54, 1.807) is 10.9 Å². The number of hydrogen-bond acceptors (Lipinski definition) is 4. The normalized spacial score (nSPS) is 10.6. The number of nitrogens with zero attached hydrogens (tertiary/aromatic N) is 3. The first kappa shape index (κ1) is 10.4. The molecule has 0 saturated heterocycles. The van der Waals surface area contributed by atoms with E-state index in [-0.39, 0.29) is 5.56 Å². The molecule has 0 bridgehead atoms. The lowest BCUT2D eigenvalue weighted by atomic mass is 10.2. The van der Waals surface area contributed by atoms with Crippen molar-refractivity contribution < 1.29 is 14.6 Å². The molecule has 1 N–H and O–H groups in total. The maximum absolute atomic E-state index is 11.0. The number of carbonyl (C=O) groups is 1. The number of hydrogen-bond donors (Lipinski definition) is 1. The van der Waals surface area contributed by atoms with Gasteiger partial charge in [-0.05, 0) is 6.92 Å². The Kier molecular flexibility index (Phi) is 2.47. The van der Waals surface area contributed by atoms with Crippen LogP contribution < -0.4 is 4.74 Å². The van der Waals surface area contributed by atoms with Crippen molar-refractivity contribution in [2.45, 2.75) is 13.5 Å². The van der Waals surface area contributed by atoms with Gasteiger partial charge >= 0.3 is 5.97 Å². The summed E-state index contributed by atoms with van der Waals surface area (Å²) < 4.78 is 6.79. The Labute approximate surface area is 91.5 Å². The van der Waals surface area contributed by atoms with Crippen LogP contribution in [-0.2, 0) is 6.54 Å². The third-order valence-electron chi connectivity index (χ3n) is 2.35. The van der Waals surface area contributed by atoms with E-state index in [1.165, 1.54) is 13.3 Å². The molecule has 0 fully saturated rings. The first-order valence-electron chi connectivity index (χ1n) is 4.80. The van der Waals surface area contributed by atoms with Gasteiger partial charge in [-0.3, -0.25) is 0 Å². The molecule has 0 aliphatic heterocycles. The molecule has 0 aliphatic carbocycles. The zero-order chi connectivity index (χ0) is 11.7. The van der Waals surface area contributed by atoms with Gasteiger partial charge in [0.05, 0.1) is 18.7 Å². The number of aromatic nitrogens is 3. The molecule has 0 spiro atoms. The monoisotopic (exact) mass is 221 g/mol. The molecule has 0 aliphatic rings. The molecule has 16 heavy (non-hydrogen) atoms. The van der Waals surface area contributed by atoms with E-state index < -0.39 is 5.97 Å². The molecule has 6 heteroatoms. The third-order valence-corrected chi connectivity index (χ3v) is 2.35. The van der Waals surface area contributed by atoms with Gasteiger partial charge < -0.3 is 9.84 Å². The average molecular weight is 221 g/mol. The van der Waals surface area contributed by atoms with Crippen LogP contribution in [0.1, 0.15) is 17.3 Å². The number of fused-ring (bicyclic) bond motifs is 1. The summed E-state index contributed by atoms with van der Waals surface area (Å²) in [7, 11) is 1.44. The van der Waals surface area contributed by atoms with Crippen molar-refractivity contribution in [2.75, 3.05) is 7.11 Å². The van der Waals surface area contributed by atoms with E-state index in [1.807, 2.05) is 6.92 Å². The van der Waals surface area contributed by atoms with Crippen molar-refractivity contribution in [2.24, 2.45) is 0 Å². The minimum atomic E-state index is -1.06. The lowest BCUT2D eigenvalue weighted by molar-refractivity contribution is 0.0693. The Morgan fingerprint density at radius 1 is 1.56 bits per heavy atom. The van der Waals surface area contributed by atoms with Gasteiger partial charge in [-0.2, -0.15) is 5.10 Å². The highest BCUT2D eigenvalue weighted by Gasteiger charge is 2.17. The summed E-state index contributed by atoms with van der Waals surface area (Å²) in [6.45, 7) is 2.61. The number of methoxy groups -OCH3 is 1. The predicted molar refractivity (Wildman–Crippen MR) is 56.7 cm³/mol. The van der Waals surface area contributed by atoms with Gasteiger partial charge in [-0.15, -0.1) is 0 Å². The molecule has 2 aromatic rings. The standard InChI is InChI=1S/C10H11N3O3/c1-3-13-9-6(5-12-13)8(16-2)7(4-11-9)10(14)15/h4-5H,3H2,1-2H3,(H,14,15). The molecule has 0 radical (unpaired) electrons. The molecule has 0 aromatic carbocycles. The number of aryl methyl sites for hydroxylation is 1. The fourth-order valence-electron chi connectivity index (χ4n) is 1.61. The van der Waals surface area contributed by atoms with Crippen LogP contribution in [0.25, 0.3) is 11.0 Å². The molecule has 2 rings (SSSR count). The number of aromatic carboxylic acids is 1. The van der Waals surface area contributed by atoms with Crippen LogP contribution in [0.5, 0.6) is 5.75 Å². The molecule has 0 unspecified atom stereocenters. The van der Waals surface area contributed by atoms with E-state index in [9.17, 15) is 4.79 Å². The Hall–Kier alpha value is -2.11. The number of pyridine rings is 1. The van der Waals surface area contributed by atoms with E-state index in [2.05, 4.69) is 10.1 Å². The quantitative estimate of drug-likeness (QED) is 0.841. The molecular weight excluding hydrogens is 210 g/mol. The SMILES string of the molecule is CCn1ncc2c(OC)c(C(=O)O)cnc21. The van der Waals surface area contributed by atoms with Gasteiger partial charge in [0.1, 0.15) is 11.3 Å². The van der Waals surface area contributed by atoms with Gasteiger partial charge in [-0.25, -0.2) is 14.5 Å². The van der Waals surface area contributed by atoms with Crippen LogP contribution >= 0.6 is 0 Å². The number of carboxylic acids is 1. The van der Waals surface area contributed by atoms with Crippen LogP contribution in [0.2, 0.25) is 0 Å². The van der Waals surface area contributed by atoms with Crippen molar-refractivity contribution >= 4 is 17.0 Å². The van der Waals surface area contributed by atoms with Gasteiger partial charge in [0.25, 0.3) is 0 Å². The number of ether oxygens (including phenoxy) is 1. The summed E-state index contributed by atoms with van der Waals surface area (Å²) in [4.78, 5) is 15.0. The molecule has 0 amide bonds. The van der Waals surface area contributed by atoms with Crippen LogP contribution in [0, 0.1) is 0 Å². The highest BCUT2D eigenvalue weighted by Crippen LogP contribution is 2.27. The second-order valence-corrected chi connectivity index (χ2v) is 3.21. The third kappa shape index (κ3) is 1.39. The summed E-state index contributed by atoms with van der Waals surface area (Å²) in [6.07, 6.45) is 2.86. The highest BCUT2D eigenvalue weighted by molar-refractivity contribution is 5.97. The second kappa shape index (κ2) is 3.80. The van der Waals surface area contributed by atoms with Gasteiger partial charge in [0, 0.05) is 12.7 Å². The van der Waals surface area contributed by atoms with Crippen molar-refractivity contribution in [3.8, 4) is 5.75 Å². The van der Waals surface area contributed by atoms with Crippen LogP contribution in [-0.4, -0.2) is 33.0 Å². The van der Waals surface area contributed by atoms with Crippen molar-refractivity contribution in [1.82, 2.24) is 14.8 Å². The number of rotatable bonds is 3. The Balaban J connectivity index is 2.76. The van der Waals surface area contributed by atoms with Gasteiger partial charge in [-0.1, -0.05) is 0 Å². The zero-order valence-electron chi connectivity index (χ0n) is 8.97. The lowest BCUT2D eigenvalue weighted by Crippen LogP contribution is -2.03. The van der Waals surface area contributed by atoms with Crippen LogP contribution in [0.3, 0.4) is 0 Å². The van der Waals surface area contributed by atoms with Crippen LogP contribution in [0.4, 0.5) is 0 Å². The first-order chi connectivity index (χ1) is 7.69. The topological polar surface area (TPSA) is 77.2 Å². The summed E-state index contributed by atoms with van der Waals surface area (Å²) >= 11 is 0. The largest absolute Gasteiger partial charge is 0.495 e. The minimum absolute atomic E-state index is 0.0469. The van der Waals surface area contributed by atoms with Crippen molar-refractivity contribution in [1.29, 1.82) is 0 Å². The Bertz CT molecular complexity index is 547. The molecule has 84 valence electrons. The Morgan fingerprint density at radius 3 is 2.88 bits per heavy atom. The van der Waals surface area contributed by atoms with E-state index >= 15 is 0 Å². The zero-order valence-corrected chi connectivity index (χ0v) is 8.97. The molecular formula is C10H11N3O3. The van der Waals surface area contributed by atoms with Crippen molar-refractivity contribution in [3.05, 3.63) is 18.0 Å². The Morgan fingerprint density at radius 2 is 2.31 bits per heavy atom. The summed E-state index contributed by atoms with van der Waals surface area (Å²) in [5, 5.41) is 13.7. The molecule has 0 atom stereocenters. The molecule has 2 heterocycles. The van der Waals surface area contributed by atoms with E-state index in [0.29, 0.717) is 23.3 Å². The summed E-state index contributed by atoms with van der Waals surface area (Å²) in [6, 6.07) is 0. The van der Waals surface area contributed by atoms with E-state index in [0.717, 1.165) is 0 Å². The minimum Gasteiger partial charge on any atom is -0.495 e.